The Hall–Kier alpha value is -0.415. The van der Waals surface area contributed by atoms with E-state index in [2.05, 4.69) is 15.9 Å². The third kappa shape index (κ3) is 2.40. The quantitative estimate of drug-likeness (QED) is 0.676. The van der Waals surface area contributed by atoms with Crippen LogP contribution in [-0.2, 0) is 27.7 Å². The van der Waals surface area contributed by atoms with Crippen LogP contribution in [0.5, 0.6) is 0 Å². The molecule has 0 aliphatic rings. The van der Waals surface area contributed by atoms with Crippen LogP contribution < -0.4 is 0 Å². The van der Waals surface area contributed by atoms with E-state index in [0.717, 1.165) is 15.2 Å². The van der Waals surface area contributed by atoms with Crippen LogP contribution in [0.4, 0.5) is 0 Å². The molecule has 2 nitrogen and oxygen atoms in total. The third-order valence-electron chi connectivity index (χ3n) is 2.08. The van der Waals surface area contributed by atoms with E-state index in [4.69, 9.17) is 5.11 Å². The Morgan fingerprint density at radius 1 is 1.13 bits per heavy atom. The number of halogens is 1. The first kappa shape index (κ1) is 12.7. The Bertz CT molecular complexity index is 506. The van der Waals surface area contributed by atoms with Crippen molar-refractivity contribution in [2.75, 3.05) is 0 Å². The molecule has 0 saturated carbocycles. The van der Waals surface area contributed by atoms with Crippen LogP contribution >= 0.6 is 15.9 Å². The Balaban J connectivity index is 0.00000112. The Labute approximate surface area is 116 Å². The van der Waals surface area contributed by atoms with Gasteiger partial charge in [-0.25, -0.2) is 4.79 Å². The van der Waals surface area contributed by atoms with Crippen molar-refractivity contribution in [3.05, 3.63) is 46.4 Å². The van der Waals surface area contributed by atoms with Crippen LogP contribution in [0, 0.1) is 0 Å². The number of fused-ring (bicyclic) bond motifs is 1. The summed E-state index contributed by atoms with van der Waals surface area (Å²) in [5.41, 5.74) is 0.329. The fourth-order valence-corrected chi connectivity index (χ4v) is 2.07. The molecule has 0 spiro atoms. The van der Waals surface area contributed by atoms with Gasteiger partial charge in [-0.05, 0) is 17.5 Å². The number of benzene rings is 2. The molecule has 4 heteroatoms. The molecule has 0 fully saturated rings. The maximum absolute atomic E-state index is 10.9. The predicted octanol–water partition coefficient (Wildman–Crippen LogP) is 3.30. The van der Waals surface area contributed by atoms with E-state index in [0.29, 0.717) is 5.56 Å². The minimum Gasteiger partial charge on any atom is -0.478 e. The van der Waals surface area contributed by atoms with Gasteiger partial charge < -0.3 is 5.11 Å². The number of rotatable bonds is 1. The Morgan fingerprint density at radius 3 is 2.33 bits per heavy atom. The molecular formula is C11H7BrHgO2. The first-order valence-electron chi connectivity index (χ1n) is 4.10. The van der Waals surface area contributed by atoms with Crippen molar-refractivity contribution in [1.29, 1.82) is 0 Å². The molecule has 0 heterocycles. The maximum atomic E-state index is 10.9. The van der Waals surface area contributed by atoms with Gasteiger partial charge in [0.25, 0.3) is 0 Å². The Morgan fingerprint density at radius 2 is 1.73 bits per heavy atom. The van der Waals surface area contributed by atoms with Crippen molar-refractivity contribution < 1.29 is 37.6 Å². The van der Waals surface area contributed by atoms with Crippen molar-refractivity contribution in [3.8, 4) is 0 Å². The molecule has 2 aromatic carbocycles. The zero-order valence-electron chi connectivity index (χ0n) is 7.90. The van der Waals surface area contributed by atoms with Crippen LogP contribution in [-0.4, -0.2) is 11.1 Å². The molecule has 0 saturated heterocycles. The molecule has 15 heavy (non-hydrogen) atoms. The number of carboxylic acids is 1. The monoisotopic (exact) mass is 452 g/mol. The first-order chi connectivity index (χ1) is 6.70. The summed E-state index contributed by atoms with van der Waals surface area (Å²) in [6.07, 6.45) is 0. The van der Waals surface area contributed by atoms with Crippen molar-refractivity contribution in [2.24, 2.45) is 0 Å². The smallest absolute Gasteiger partial charge is 0.336 e. The van der Waals surface area contributed by atoms with E-state index in [9.17, 15) is 4.79 Å². The summed E-state index contributed by atoms with van der Waals surface area (Å²) in [4.78, 5) is 10.9. The molecule has 0 unspecified atom stereocenters. The van der Waals surface area contributed by atoms with Crippen LogP contribution in [0.2, 0.25) is 0 Å². The summed E-state index contributed by atoms with van der Waals surface area (Å²) in [6, 6.07) is 10.9. The molecule has 0 bridgehead atoms. The fourth-order valence-electron chi connectivity index (χ4n) is 1.47. The molecule has 0 amide bonds. The summed E-state index contributed by atoms with van der Waals surface area (Å²) in [7, 11) is 0. The molecule has 0 radical (unpaired) electrons. The molecular weight excluding hydrogens is 445 g/mol. The molecule has 72 valence electrons. The molecule has 0 aliphatic heterocycles. The van der Waals surface area contributed by atoms with Gasteiger partial charge in [0.1, 0.15) is 0 Å². The van der Waals surface area contributed by atoms with E-state index >= 15 is 0 Å². The van der Waals surface area contributed by atoms with Crippen LogP contribution in [0.1, 0.15) is 10.4 Å². The molecule has 2 rings (SSSR count). The molecule has 2 aromatic rings. The average Bonchev–Trinajstić information content (AvgIpc) is 2.17. The van der Waals surface area contributed by atoms with E-state index < -0.39 is 5.97 Å². The minimum absolute atomic E-state index is 0. The van der Waals surface area contributed by atoms with Gasteiger partial charge in [-0.3, -0.25) is 0 Å². The van der Waals surface area contributed by atoms with Crippen molar-refractivity contribution >= 4 is 32.7 Å². The van der Waals surface area contributed by atoms with E-state index in [-0.39, 0.29) is 27.7 Å². The second-order valence-electron chi connectivity index (χ2n) is 2.95. The summed E-state index contributed by atoms with van der Waals surface area (Å²) < 4.78 is 0.813. The van der Waals surface area contributed by atoms with Gasteiger partial charge in [0.15, 0.2) is 0 Å². The van der Waals surface area contributed by atoms with Crippen molar-refractivity contribution in [3.63, 3.8) is 0 Å². The van der Waals surface area contributed by atoms with Crippen LogP contribution in [0.15, 0.2) is 40.9 Å². The summed E-state index contributed by atoms with van der Waals surface area (Å²) >= 11 is 3.35. The topological polar surface area (TPSA) is 37.3 Å². The van der Waals surface area contributed by atoms with Crippen molar-refractivity contribution in [2.45, 2.75) is 0 Å². The number of aromatic carboxylic acids is 1. The minimum atomic E-state index is -0.900. The second-order valence-corrected chi connectivity index (χ2v) is 3.80. The molecule has 0 atom stereocenters. The molecule has 0 aromatic heterocycles. The second kappa shape index (κ2) is 5.08. The van der Waals surface area contributed by atoms with Gasteiger partial charge >= 0.3 is 5.97 Å². The zero-order chi connectivity index (χ0) is 10.1. The zero-order valence-corrected chi connectivity index (χ0v) is 15.0. The fraction of sp³-hybridized carbons (Fsp3) is 0. The van der Waals surface area contributed by atoms with E-state index in [1.165, 1.54) is 0 Å². The van der Waals surface area contributed by atoms with Gasteiger partial charge in [0.2, 0.25) is 0 Å². The van der Waals surface area contributed by atoms with Crippen LogP contribution in [0.3, 0.4) is 0 Å². The summed E-state index contributed by atoms with van der Waals surface area (Å²) in [5, 5.41) is 10.7. The standard InChI is InChI=1S/C11H7BrO2.Hg/c12-9-6-2-4-7-3-1-5-8(10(7)9)11(13)14;/h1-6H,(H,13,14);. The number of hydrogen-bond acceptors (Lipinski definition) is 1. The van der Waals surface area contributed by atoms with E-state index in [1.54, 1.807) is 12.1 Å². The maximum Gasteiger partial charge on any atom is 0.336 e. The van der Waals surface area contributed by atoms with Gasteiger partial charge in [-0.2, -0.15) is 0 Å². The third-order valence-corrected chi connectivity index (χ3v) is 2.75. The SMILES string of the molecule is O=C(O)c1cccc2cccc(Br)c12.[Hg]. The summed E-state index contributed by atoms with van der Waals surface area (Å²) in [6.45, 7) is 0. The average molecular weight is 452 g/mol. The van der Waals surface area contributed by atoms with Crippen molar-refractivity contribution in [1.82, 2.24) is 0 Å². The molecule has 1 N–H and O–H groups in total. The van der Waals surface area contributed by atoms with Gasteiger partial charge in [0, 0.05) is 37.5 Å². The van der Waals surface area contributed by atoms with E-state index in [1.807, 2.05) is 24.3 Å². The van der Waals surface area contributed by atoms with Gasteiger partial charge in [0.05, 0.1) is 5.56 Å². The van der Waals surface area contributed by atoms with Gasteiger partial charge in [-0.15, -0.1) is 0 Å². The number of hydrogen-bond donors (Lipinski definition) is 1. The van der Waals surface area contributed by atoms with Crippen LogP contribution in [0.25, 0.3) is 10.8 Å². The first-order valence-corrected chi connectivity index (χ1v) is 4.90. The normalized spacial score (nSPS) is 9.67. The number of carboxylic acid groups (broad SMARTS) is 1. The predicted molar refractivity (Wildman–Crippen MR) is 58.6 cm³/mol. The number of carbonyl (C=O) groups is 1. The largest absolute Gasteiger partial charge is 0.478 e. The summed E-state index contributed by atoms with van der Waals surface area (Å²) in [5.74, 6) is -0.900. The Kier molecular flexibility index (Phi) is 4.28. The van der Waals surface area contributed by atoms with Gasteiger partial charge in [-0.1, -0.05) is 40.2 Å². The molecule has 0 aliphatic carbocycles.